The van der Waals surface area contributed by atoms with Gasteiger partial charge < -0.3 is 26.8 Å². The van der Waals surface area contributed by atoms with Crippen molar-refractivity contribution in [3.63, 3.8) is 0 Å². The number of fused-ring (bicyclic) bond motifs is 1. The van der Waals surface area contributed by atoms with E-state index >= 15 is 0 Å². The monoisotopic (exact) mass is 433 g/mol. The van der Waals surface area contributed by atoms with Gasteiger partial charge in [-0.15, -0.1) is 4.40 Å². The average Bonchev–Trinajstić information content (AvgIpc) is 2.65. The highest BCUT2D eigenvalue weighted by Gasteiger charge is 2.27. The fraction of sp³-hybridized carbons (Fsp3) is 0.278. The zero-order valence-electron chi connectivity index (χ0n) is 16.5. The summed E-state index contributed by atoms with van der Waals surface area (Å²) in [6.45, 7) is 3.87. The first kappa shape index (κ1) is 21.3. The van der Waals surface area contributed by atoms with Gasteiger partial charge in [0.1, 0.15) is 18.2 Å². The second-order valence-electron chi connectivity index (χ2n) is 7.17. The van der Waals surface area contributed by atoms with Crippen molar-refractivity contribution in [1.82, 2.24) is 10.3 Å². The Balaban J connectivity index is 1.72. The van der Waals surface area contributed by atoms with Crippen LogP contribution in [0.4, 0.5) is 11.5 Å². The second kappa shape index (κ2) is 8.16. The predicted molar refractivity (Wildman–Crippen MR) is 114 cm³/mol. The number of rotatable bonds is 7. The van der Waals surface area contributed by atoms with Crippen LogP contribution in [-0.4, -0.2) is 44.0 Å². The summed E-state index contributed by atoms with van der Waals surface area (Å²) in [5.41, 5.74) is 11.5. The summed E-state index contributed by atoms with van der Waals surface area (Å²) in [7, 11) is -3.88. The summed E-state index contributed by atoms with van der Waals surface area (Å²) in [6.07, 6.45) is 1.51. The zero-order valence-corrected chi connectivity index (χ0v) is 17.3. The van der Waals surface area contributed by atoms with Gasteiger partial charge in [0.05, 0.1) is 23.5 Å². The maximum absolute atomic E-state index is 12.6. The van der Waals surface area contributed by atoms with E-state index in [1.165, 1.54) is 6.20 Å². The van der Waals surface area contributed by atoms with E-state index in [1.807, 2.05) is 0 Å². The van der Waals surface area contributed by atoms with Crippen LogP contribution >= 0.6 is 0 Å². The number of ether oxygens (including phenoxy) is 1. The number of nitrogens with one attached hydrogen (secondary N) is 3. The first-order valence-electron chi connectivity index (χ1n) is 8.97. The number of benzene rings is 1. The normalized spacial score (nSPS) is 14.7. The molecule has 0 spiro atoms. The molecule has 160 valence electrons. The molecular weight excluding hydrogens is 410 g/mol. The van der Waals surface area contributed by atoms with Crippen molar-refractivity contribution in [2.75, 3.05) is 23.3 Å². The van der Waals surface area contributed by atoms with E-state index in [1.54, 1.807) is 44.2 Å². The van der Waals surface area contributed by atoms with E-state index in [4.69, 9.17) is 16.2 Å². The number of amidine groups is 1. The van der Waals surface area contributed by atoms with Gasteiger partial charge in [-0.25, -0.2) is 4.98 Å². The highest BCUT2D eigenvalue weighted by molar-refractivity contribution is 7.91. The largest absolute Gasteiger partial charge is 0.490 e. The number of hydrogen-bond acceptors (Lipinski definition) is 8. The predicted octanol–water partition coefficient (Wildman–Crippen LogP) is 0.373. The summed E-state index contributed by atoms with van der Waals surface area (Å²) in [6, 6.07) is 8.02. The number of carbonyl (C=O) groups excluding carboxylic acids is 1. The molecule has 2 heterocycles. The molecule has 0 aliphatic carbocycles. The SMILES string of the molecule is CC(C)(COc1cccc2c1C(N)=NS(=O)(=O)N2)NC(=O)c1ccnc(NCN)c1. The number of anilines is 2. The van der Waals surface area contributed by atoms with Crippen LogP contribution in [0, 0.1) is 0 Å². The van der Waals surface area contributed by atoms with Crippen LogP contribution in [0.25, 0.3) is 0 Å². The highest BCUT2D eigenvalue weighted by Crippen LogP contribution is 2.30. The molecule has 11 nitrogen and oxygen atoms in total. The van der Waals surface area contributed by atoms with E-state index in [-0.39, 0.29) is 30.7 Å². The van der Waals surface area contributed by atoms with Gasteiger partial charge in [0.2, 0.25) is 0 Å². The van der Waals surface area contributed by atoms with Crippen LogP contribution in [-0.2, 0) is 10.2 Å². The Morgan fingerprint density at radius 1 is 1.30 bits per heavy atom. The van der Waals surface area contributed by atoms with E-state index in [9.17, 15) is 13.2 Å². The Kier molecular flexibility index (Phi) is 5.80. The average molecular weight is 433 g/mol. The van der Waals surface area contributed by atoms with Crippen LogP contribution in [0.2, 0.25) is 0 Å². The van der Waals surface area contributed by atoms with Crippen LogP contribution in [0.1, 0.15) is 29.8 Å². The summed E-state index contributed by atoms with van der Waals surface area (Å²) < 4.78 is 35.0. The molecule has 0 atom stereocenters. The van der Waals surface area contributed by atoms with Crippen molar-refractivity contribution in [2.24, 2.45) is 15.9 Å². The molecule has 7 N–H and O–H groups in total. The molecule has 0 saturated carbocycles. The van der Waals surface area contributed by atoms with Crippen molar-refractivity contribution in [1.29, 1.82) is 0 Å². The summed E-state index contributed by atoms with van der Waals surface area (Å²) in [5, 5.41) is 5.73. The van der Waals surface area contributed by atoms with Gasteiger partial charge in [0, 0.05) is 11.8 Å². The van der Waals surface area contributed by atoms with E-state index < -0.39 is 15.7 Å². The van der Waals surface area contributed by atoms with Crippen LogP contribution in [0.3, 0.4) is 0 Å². The minimum atomic E-state index is -3.88. The number of pyridine rings is 1. The third kappa shape index (κ3) is 4.96. The summed E-state index contributed by atoms with van der Waals surface area (Å²) in [5.74, 6) is 0.358. The zero-order chi connectivity index (χ0) is 21.9. The highest BCUT2D eigenvalue weighted by atomic mass is 32.2. The number of nitrogens with two attached hydrogens (primary N) is 2. The molecule has 1 aromatic heterocycles. The molecule has 1 amide bonds. The Hall–Kier alpha value is -3.38. The maximum atomic E-state index is 12.6. The lowest BCUT2D eigenvalue weighted by molar-refractivity contribution is 0.0880. The molecule has 0 bridgehead atoms. The van der Waals surface area contributed by atoms with Gasteiger partial charge in [-0.1, -0.05) is 6.07 Å². The molecule has 30 heavy (non-hydrogen) atoms. The molecule has 0 radical (unpaired) electrons. The van der Waals surface area contributed by atoms with Crippen molar-refractivity contribution in [3.8, 4) is 5.75 Å². The third-order valence-electron chi connectivity index (χ3n) is 4.09. The third-order valence-corrected chi connectivity index (χ3v) is 5.00. The number of aromatic nitrogens is 1. The van der Waals surface area contributed by atoms with Crippen LogP contribution in [0.5, 0.6) is 5.75 Å². The maximum Gasteiger partial charge on any atom is 0.344 e. The second-order valence-corrected chi connectivity index (χ2v) is 8.51. The number of hydrogen-bond donors (Lipinski definition) is 5. The Labute approximate surface area is 174 Å². The number of carbonyl (C=O) groups is 1. The smallest absolute Gasteiger partial charge is 0.344 e. The van der Waals surface area contributed by atoms with Gasteiger partial charge >= 0.3 is 10.2 Å². The fourth-order valence-corrected chi connectivity index (χ4v) is 3.63. The lowest BCUT2D eigenvalue weighted by Crippen LogP contribution is -2.48. The fourth-order valence-electron chi connectivity index (χ4n) is 2.78. The van der Waals surface area contributed by atoms with Crippen molar-refractivity contribution < 1.29 is 17.9 Å². The first-order chi connectivity index (χ1) is 14.1. The standard InChI is InChI=1S/C18H23N7O4S/c1-18(2,23-17(26)11-6-7-21-14(8-11)22-10-19)9-29-13-5-3-4-12-15(13)16(20)25-30(27,28)24-12/h3-8,24H,9-10,19H2,1-2H3,(H2,20,25)(H,21,22)(H,23,26). The number of amides is 1. The summed E-state index contributed by atoms with van der Waals surface area (Å²) in [4.78, 5) is 16.7. The van der Waals surface area contributed by atoms with Crippen molar-refractivity contribution >= 4 is 33.5 Å². The van der Waals surface area contributed by atoms with Crippen molar-refractivity contribution in [2.45, 2.75) is 19.4 Å². The molecule has 3 rings (SSSR count). The summed E-state index contributed by atoms with van der Waals surface area (Å²) >= 11 is 0. The Bertz CT molecular complexity index is 1100. The number of nitrogens with zero attached hydrogens (tertiary/aromatic N) is 2. The van der Waals surface area contributed by atoms with Crippen molar-refractivity contribution in [3.05, 3.63) is 47.7 Å². The Morgan fingerprint density at radius 3 is 2.80 bits per heavy atom. The van der Waals surface area contributed by atoms with Gasteiger partial charge in [0.15, 0.2) is 5.84 Å². The molecule has 1 aromatic carbocycles. The first-order valence-corrected chi connectivity index (χ1v) is 10.4. The molecule has 0 unspecified atom stereocenters. The molecule has 2 aromatic rings. The molecule has 12 heteroatoms. The van der Waals surface area contributed by atoms with E-state index in [0.717, 1.165) is 0 Å². The van der Waals surface area contributed by atoms with Gasteiger partial charge in [-0.05, 0) is 38.1 Å². The Morgan fingerprint density at radius 2 is 2.07 bits per heavy atom. The van der Waals surface area contributed by atoms with E-state index in [0.29, 0.717) is 22.7 Å². The van der Waals surface area contributed by atoms with Gasteiger partial charge in [-0.3, -0.25) is 9.52 Å². The van der Waals surface area contributed by atoms with Gasteiger partial charge in [0.25, 0.3) is 5.91 Å². The minimum Gasteiger partial charge on any atom is -0.490 e. The van der Waals surface area contributed by atoms with Crippen LogP contribution in [0.15, 0.2) is 40.9 Å². The molecule has 1 aliphatic rings. The van der Waals surface area contributed by atoms with Crippen LogP contribution < -0.4 is 31.6 Å². The molecule has 0 fully saturated rings. The lowest BCUT2D eigenvalue weighted by Gasteiger charge is -2.27. The molecular formula is C18H23N7O4S. The lowest BCUT2D eigenvalue weighted by atomic mass is 10.1. The minimum absolute atomic E-state index is 0.0915. The molecule has 0 saturated heterocycles. The molecule has 1 aliphatic heterocycles. The van der Waals surface area contributed by atoms with Gasteiger partial charge in [-0.2, -0.15) is 8.42 Å². The van der Waals surface area contributed by atoms with E-state index in [2.05, 4.69) is 24.7 Å². The quantitative estimate of drug-likeness (QED) is 0.389. The topological polar surface area (TPSA) is 174 Å².